The van der Waals surface area contributed by atoms with E-state index in [0.29, 0.717) is 11.3 Å². The quantitative estimate of drug-likeness (QED) is 0.754. The van der Waals surface area contributed by atoms with Gasteiger partial charge in [-0.15, -0.1) is 0 Å². The summed E-state index contributed by atoms with van der Waals surface area (Å²) < 4.78 is 25.8. The molecule has 2 N–H and O–H groups in total. The van der Waals surface area contributed by atoms with E-state index in [2.05, 4.69) is 4.98 Å². The van der Waals surface area contributed by atoms with Gasteiger partial charge in [-0.3, -0.25) is 4.98 Å². The number of rotatable bonds is 3. The molecule has 0 bridgehead atoms. The van der Waals surface area contributed by atoms with Crippen LogP contribution in [0.3, 0.4) is 0 Å². The van der Waals surface area contributed by atoms with Crippen molar-refractivity contribution < 1.29 is 8.42 Å². The third-order valence-electron chi connectivity index (χ3n) is 3.36. The minimum Gasteiger partial charge on any atom is -0.399 e. The number of pyridine rings is 1. The molecule has 110 valence electrons. The van der Waals surface area contributed by atoms with Gasteiger partial charge >= 0.3 is 0 Å². The molecular weight excluding hydrogens is 296 g/mol. The standard InChI is InChI=1S/C17H14N2O2S/c18-14-5-7-15(8-6-14)22(20,21)17-4-2-1-3-16(17)13-9-11-19-12-10-13/h1-12H,18H2. The zero-order valence-electron chi connectivity index (χ0n) is 11.7. The molecule has 1 aromatic heterocycles. The lowest BCUT2D eigenvalue weighted by molar-refractivity contribution is 0.596. The van der Waals surface area contributed by atoms with Gasteiger partial charge in [0.2, 0.25) is 9.84 Å². The van der Waals surface area contributed by atoms with Crippen molar-refractivity contribution in [3.05, 3.63) is 73.1 Å². The van der Waals surface area contributed by atoms with Crippen molar-refractivity contribution in [2.24, 2.45) is 0 Å². The molecule has 0 spiro atoms. The summed E-state index contributed by atoms with van der Waals surface area (Å²) in [7, 11) is -3.61. The number of aromatic nitrogens is 1. The zero-order chi connectivity index (χ0) is 15.6. The SMILES string of the molecule is Nc1ccc(S(=O)(=O)c2ccccc2-c2ccncc2)cc1. The average Bonchev–Trinajstić information content (AvgIpc) is 2.56. The lowest BCUT2D eigenvalue weighted by Crippen LogP contribution is -2.04. The minimum absolute atomic E-state index is 0.225. The molecule has 4 nitrogen and oxygen atoms in total. The highest BCUT2D eigenvalue weighted by molar-refractivity contribution is 7.91. The molecule has 0 fully saturated rings. The monoisotopic (exact) mass is 310 g/mol. The summed E-state index contributed by atoms with van der Waals surface area (Å²) >= 11 is 0. The van der Waals surface area contributed by atoms with Crippen molar-refractivity contribution in [3.8, 4) is 11.1 Å². The molecule has 3 aromatic rings. The Bertz CT molecular complexity index is 889. The lowest BCUT2D eigenvalue weighted by atomic mass is 10.1. The van der Waals surface area contributed by atoms with Crippen LogP contribution in [-0.2, 0) is 9.84 Å². The molecular formula is C17H14N2O2S. The first-order valence-corrected chi connectivity index (χ1v) is 8.17. The summed E-state index contributed by atoms with van der Waals surface area (Å²) in [5.74, 6) is 0. The molecule has 0 amide bonds. The molecule has 0 unspecified atom stereocenters. The summed E-state index contributed by atoms with van der Waals surface area (Å²) in [5.41, 5.74) is 7.62. The molecule has 5 heteroatoms. The van der Waals surface area contributed by atoms with Crippen LogP contribution in [0.1, 0.15) is 0 Å². The number of nitrogens with two attached hydrogens (primary N) is 1. The average molecular weight is 310 g/mol. The van der Waals surface area contributed by atoms with Gasteiger partial charge in [0, 0.05) is 23.6 Å². The number of sulfone groups is 1. The topological polar surface area (TPSA) is 73.1 Å². The Kier molecular flexibility index (Phi) is 3.65. The van der Waals surface area contributed by atoms with Crippen molar-refractivity contribution in [3.63, 3.8) is 0 Å². The van der Waals surface area contributed by atoms with Gasteiger partial charge in [0.05, 0.1) is 9.79 Å². The van der Waals surface area contributed by atoms with E-state index in [1.54, 1.807) is 54.9 Å². The predicted octanol–water partition coefficient (Wildman–Crippen LogP) is 3.16. The van der Waals surface area contributed by atoms with E-state index in [0.717, 1.165) is 5.56 Å². The van der Waals surface area contributed by atoms with Crippen molar-refractivity contribution in [1.29, 1.82) is 0 Å². The zero-order valence-corrected chi connectivity index (χ0v) is 12.5. The Balaban J connectivity index is 2.18. The van der Waals surface area contributed by atoms with Crippen LogP contribution >= 0.6 is 0 Å². The van der Waals surface area contributed by atoms with E-state index in [1.807, 2.05) is 6.07 Å². The normalized spacial score (nSPS) is 11.3. The highest BCUT2D eigenvalue weighted by Crippen LogP contribution is 2.31. The Morgan fingerprint density at radius 3 is 2.14 bits per heavy atom. The summed E-state index contributed by atoms with van der Waals surface area (Å²) in [5, 5.41) is 0. The molecule has 2 aromatic carbocycles. The van der Waals surface area contributed by atoms with Crippen molar-refractivity contribution in [2.45, 2.75) is 9.79 Å². The summed E-state index contributed by atoms with van der Waals surface area (Å²) in [6.07, 6.45) is 3.28. The van der Waals surface area contributed by atoms with Gasteiger partial charge < -0.3 is 5.73 Å². The van der Waals surface area contributed by atoms with Crippen LogP contribution in [0.15, 0.2) is 82.8 Å². The van der Waals surface area contributed by atoms with Gasteiger partial charge in [-0.05, 0) is 48.0 Å². The van der Waals surface area contributed by atoms with Crippen molar-refractivity contribution >= 4 is 15.5 Å². The minimum atomic E-state index is -3.61. The highest BCUT2D eigenvalue weighted by Gasteiger charge is 2.21. The Labute approximate surface area is 129 Å². The molecule has 1 heterocycles. The molecule has 0 aliphatic carbocycles. The summed E-state index contributed by atoms with van der Waals surface area (Å²) in [4.78, 5) is 4.46. The molecule has 0 saturated heterocycles. The van der Waals surface area contributed by atoms with Gasteiger partial charge in [0.15, 0.2) is 0 Å². The number of nitrogen functional groups attached to an aromatic ring is 1. The van der Waals surface area contributed by atoms with Crippen LogP contribution in [0.5, 0.6) is 0 Å². The maximum Gasteiger partial charge on any atom is 0.207 e. The highest BCUT2D eigenvalue weighted by atomic mass is 32.2. The van der Waals surface area contributed by atoms with Crippen LogP contribution in [0.2, 0.25) is 0 Å². The molecule has 3 rings (SSSR count). The van der Waals surface area contributed by atoms with E-state index in [9.17, 15) is 8.42 Å². The van der Waals surface area contributed by atoms with Crippen LogP contribution in [0.4, 0.5) is 5.69 Å². The predicted molar refractivity (Wildman–Crippen MR) is 86.0 cm³/mol. The number of hydrogen-bond acceptors (Lipinski definition) is 4. The molecule has 0 radical (unpaired) electrons. The van der Waals surface area contributed by atoms with Gasteiger partial charge in [-0.2, -0.15) is 0 Å². The lowest BCUT2D eigenvalue weighted by Gasteiger charge is -2.11. The Morgan fingerprint density at radius 2 is 1.45 bits per heavy atom. The van der Waals surface area contributed by atoms with E-state index in [4.69, 9.17) is 5.73 Å². The third kappa shape index (κ3) is 2.58. The number of benzene rings is 2. The fraction of sp³-hybridized carbons (Fsp3) is 0. The first-order chi connectivity index (χ1) is 10.6. The van der Waals surface area contributed by atoms with Crippen molar-refractivity contribution in [1.82, 2.24) is 4.98 Å². The summed E-state index contributed by atoms with van der Waals surface area (Å²) in [6.45, 7) is 0. The number of nitrogens with zero attached hydrogens (tertiary/aromatic N) is 1. The number of hydrogen-bond donors (Lipinski definition) is 1. The first kappa shape index (κ1) is 14.3. The second-order valence-corrected chi connectivity index (χ2v) is 6.72. The molecule has 0 aliphatic rings. The largest absolute Gasteiger partial charge is 0.399 e. The van der Waals surface area contributed by atoms with Gasteiger partial charge in [0.25, 0.3) is 0 Å². The van der Waals surface area contributed by atoms with Crippen LogP contribution in [-0.4, -0.2) is 13.4 Å². The second-order valence-electron chi connectivity index (χ2n) is 4.80. The fourth-order valence-corrected chi connectivity index (χ4v) is 3.73. The number of anilines is 1. The third-order valence-corrected chi connectivity index (χ3v) is 5.19. The maximum atomic E-state index is 12.9. The molecule has 0 aliphatic heterocycles. The van der Waals surface area contributed by atoms with Crippen LogP contribution < -0.4 is 5.73 Å². The summed E-state index contributed by atoms with van der Waals surface area (Å²) in [6, 6.07) is 16.7. The van der Waals surface area contributed by atoms with E-state index < -0.39 is 9.84 Å². The van der Waals surface area contributed by atoms with E-state index in [1.165, 1.54) is 12.1 Å². The van der Waals surface area contributed by atoms with E-state index >= 15 is 0 Å². The van der Waals surface area contributed by atoms with Crippen LogP contribution in [0.25, 0.3) is 11.1 Å². The van der Waals surface area contributed by atoms with Crippen molar-refractivity contribution in [2.75, 3.05) is 5.73 Å². The van der Waals surface area contributed by atoms with Crippen LogP contribution in [0, 0.1) is 0 Å². The molecule has 22 heavy (non-hydrogen) atoms. The van der Waals surface area contributed by atoms with Gasteiger partial charge in [-0.25, -0.2) is 8.42 Å². The Hall–Kier alpha value is -2.66. The first-order valence-electron chi connectivity index (χ1n) is 6.69. The van der Waals surface area contributed by atoms with E-state index in [-0.39, 0.29) is 9.79 Å². The second kappa shape index (κ2) is 5.61. The maximum absolute atomic E-state index is 12.9. The Morgan fingerprint density at radius 1 is 0.818 bits per heavy atom. The molecule has 0 saturated carbocycles. The fourth-order valence-electron chi connectivity index (χ4n) is 2.24. The molecule has 0 atom stereocenters. The smallest absolute Gasteiger partial charge is 0.207 e. The van der Waals surface area contributed by atoms with Gasteiger partial charge in [0.1, 0.15) is 0 Å². The van der Waals surface area contributed by atoms with Gasteiger partial charge in [-0.1, -0.05) is 18.2 Å².